The number of urea groups is 1. The van der Waals surface area contributed by atoms with Gasteiger partial charge in [0.1, 0.15) is 13.9 Å². The van der Waals surface area contributed by atoms with Crippen molar-refractivity contribution in [1.82, 2.24) is 25.2 Å². The van der Waals surface area contributed by atoms with Gasteiger partial charge in [-0.15, -0.1) is 5.54 Å². The third kappa shape index (κ3) is 7.24. The quantitative estimate of drug-likeness (QED) is 0.206. The number of anilines is 4. The van der Waals surface area contributed by atoms with Crippen LogP contribution in [0, 0.1) is 11.5 Å². The molecule has 3 aromatic rings. The van der Waals surface area contributed by atoms with Crippen molar-refractivity contribution in [3.05, 3.63) is 42.1 Å². The van der Waals surface area contributed by atoms with Gasteiger partial charge in [0.25, 0.3) is 0 Å². The molecule has 2 aromatic heterocycles. The van der Waals surface area contributed by atoms with E-state index in [0.717, 1.165) is 42.8 Å². The molecule has 3 N–H and O–H groups in total. The molecule has 11 heteroatoms. The second-order valence-corrected chi connectivity index (χ2v) is 19.3. The molecule has 5 rings (SSSR count). The van der Waals surface area contributed by atoms with E-state index in [1.165, 1.54) is 5.69 Å². The largest absolute Gasteiger partial charge is 0.376 e. The van der Waals surface area contributed by atoms with Crippen LogP contribution in [0.3, 0.4) is 0 Å². The van der Waals surface area contributed by atoms with Gasteiger partial charge in [0.05, 0.1) is 24.1 Å². The summed E-state index contributed by atoms with van der Waals surface area (Å²) in [4.78, 5) is 31.8. The highest BCUT2D eigenvalue weighted by Crippen LogP contribution is 2.41. The zero-order valence-electron chi connectivity index (χ0n) is 28.0. The summed E-state index contributed by atoms with van der Waals surface area (Å²) >= 11 is 0. The van der Waals surface area contributed by atoms with Crippen LogP contribution in [0.15, 0.2) is 36.5 Å². The Morgan fingerprint density at radius 3 is 2.20 bits per heavy atom. The van der Waals surface area contributed by atoms with Crippen LogP contribution >= 0.6 is 0 Å². The molecule has 0 unspecified atom stereocenters. The van der Waals surface area contributed by atoms with Crippen molar-refractivity contribution >= 4 is 48.3 Å². The lowest BCUT2D eigenvalue weighted by Crippen LogP contribution is -2.60. The maximum Gasteiger partial charge on any atom is 0.320 e. The van der Waals surface area contributed by atoms with Crippen molar-refractivity contribution < 1.29 is 9.53 Å². The predicted octanol–water partition coefficient (Wildman–Crippen LogP) is 6.00. The molecule has 240 valence electrons. The van der Waals surface area contributed by atoms with Crippen LogP contribution < -0.4 is 20.9 Å². The van der Waals surface area contributed by atoms with Crippen molar-refractivity contribution in [1.29, 1.82) is 0 Å². The standard InChI is InChI=1S/C34H48N8O2Si/c1-23(2)45(24(3)4,25(5)6)18-13-26-19-30(38-33(43)40-34(7)21-44-22-34)37-31-29(26)20-35-32(39-31)36-27-9-11-28(12-10-27)42-16-14-41(8)15-17-42/h9-12,19-20,23-25H,14-17,21-22H2,1-8H3,(H3,35,36,37,38,39,40,43). The summed E-state index contributed by atoms with van der Waals surface area (Å²) in [6.07, 6.45) is 1.78. The predicted molar refractivity (Wildman–Crippen MR) is 186 cm³/mol. The zero-order chi connectivity index (χ0) is 32.4. The highest BCUT2D eigenvalue weighted by molar-refractivity contribution is 6.90. The number of rotatable bonds is 8. The summed E-state index contributed by atoms with van der Waals surface area (Å²) in [7, 11) is 0.149. The fraction of sp³-hybridized carbons (Fsp3) is 0.529. The van der Waals surface area contributed by atoms with Gasteiger partial charge in [-0.2, -0.15) is 4.98 Å². The molecule has 45 heavy (non-hydrogen) atoms. The topological polar surface area (TPSA) is 108 Å². The van der Waals surface area contributed by atoms with E-state index >= 15 is 0 Å². The molecule has 2 aliphatic rings. The molecule has 2 fully saturated rings. The first-order valence-corrected chi connectivity index (χ1v) is 18.3. The number of piperazine rings is 1. The van der Waals surface area contributed by atoms with Gasteiger partial charge in [0.2, 0.25) is 5.95 Å². The molecule has 1 aromatic carbocycles. The van der Waals surface area contributed by atoms with E-state index in [-0.39, 0.29) is 11.6 Å². The summed E-state index contributed by atoms with van der Waals surface area (Å²) in [5.41, 5.74) is 8.20. The van der Waals surface area contributed by atoms with E-state index in [9.17, 15) is 4.79 Å². The molecule has 4 heterocycles. The Bertz CT molecular complexity index is 1550. The van der Waals surface area contributed by atoms with Gasteiger partial charge in [-0.3, -0.25) is 5.32 Å². The molecule has 0 radical (unpaired) electrons. The van der Waals surface area contributed by atoms with E-state index in [1.807, 2.05) is 25.1 Å². The number of hydrogen-bond donors (Lipinski definition) is 3. The normalized spacial score (nSPS) is 16.8. The Labute approximate surface area is 268 Å². The number of likely N-dealkylation sites (N-methyl/N-ethyl adjacent to an activating group) is 1. The summed E-state index contributed by atoms with van der Waals surface area (Å²) in [6, 6.07) is 9.85. The smallest absolute Gasteiger partial charge is 0.320 e. The van der Waals surface area contributed by atoms with Crippen molar-refractivity contribution in [2.75, 3.05) is 62.0 Å². The van der Waals surface area contributed by atoms with Gasteiger partial charge < -0.3 is 25.2 Å². The maximum atomic E-state index is 12.9. The summed E-state index contributed by atoms with van der Waals surface area (Å²) < 4.78 is 5.29. The number of ether oxygens (including phenoxy) is 1. The van der Waals surface area contributed by atoms with E-state index in [0.29, 0.717) is 47.3 Å². The van der Waals surface area contributed by atoms with Crippen LogP contribution in [0.5, 0.6) is 0 Å². The lowest BCUT2D eigenvalue weighted by molar-refractivity contribution is -0.0567. The molecule has 0 atom stereocenters. The lowest BCUT2D eigenvalue weighted by Gasteiger charge is -2.38. The van der Waals surface area contributed by atoms with Gasteiger partial charge in [0.15, 0.2) is 5.65 Å². The molecular weight excluding hydrogens is 581 g/mol. The van der Waals surface area contributed by atoms with E-state index < -0.39 is 8.07 Å². The number of hydrogen-bond acceptors (Lipinski definition) is 8. The first-order valence-electron chi connectivity index (χ1n) is 16.1. The average Bonchev–Trinajstić information content (AvgIpc) is 2.96. The van der Waals surface area contributed by atoms with Gasteiger partial charge in [-0.25, -0.2) is 14.8 Å². The molecular formula is C34H48N8O2Si. The first kappa shape index (κ1) is 32.7. The minimum Gasteiger partial charge on any atom is -0.376 e. The van der Waals surface area contributed by atoms with Crippen LogP contribution in [0.1, 0.15) is 54.0 Å². The van der Waals surface area contributed by atoms with Crippen molar-refractivity contribution in [3.8, 4) is 11.5 Å². The summed E-state index contributed by atoms with van der Waals surface area (Å²) in [5.74, 6) is 4.36. The van der Waals surface area contributed by atoms with Crippen molar-refractivity contribution in [2.45, 2.75) is 70.6 Å². The van der Waals surface area contributed by atoms with E-state index in [4.69, 9.17) is 14.7 Å². The summed E-state index contributed by atoms with van der Waals surface area (Å²) in [6.45, 7) is 20.9. The van der Waals surface area contributed by atoms with Gasteiger partial charge in [0, 0.05) is 49.3 Å². The van der Waals surface area contributed by atoms with E-state index in [1.54, 1.807) is 6.20 Å². The van der Waals surface area contributed by atoms with Crippen molar-refractivity contribution in [2.24, 2.45) is 0 Å². The second-order valence-electron chi connectivity index (χ2n) is 13.7. The fourth-order valence-electron chi connectivity index (χ4n) is 6.70. The Hall–Kier alpha value is -3.72. The van der Waals surface area contributed by atoms with Crippen LogP contribution in [-0.2, 0) is 4.74 Å². The number of carbonyl (C=O) groups excluding carboxylic acids is 1. The Morgan fingerprint density at radius 1 is 0.978 bits per heavy atom. The SMILES string of the molecule is CC(C)[Si](C#Cc1cc(NC(=O)NC2(C)COC2)nc2nc(Nc3ccc(N4CCN(C)CC4)cc3)ncc12)(C(C)C)C(C)C. The minimum atomic E-state index is -2.01. The zero-order valence-corrected chi connectivity index (χ0v) is 29.0. The van der Waals surface area contributed by atoms with Crippen LogP contribution in [0.25, 0.3) is 11.0 Å². The Kier molecular flexibility index (Phi) is 9.67. The Balaban J connectivity index is 1.46. The monoisotopic (exact) mass is 628 g/mol. The maximum absolute atomic E-state index is 12.9. The van der Waals surface area contributed by atoms with E-state index in [2.05, 4.69) is 103 Å². The molecule has 2 aliphatic heterocycles. The number of amides is 2. The fourth-order valence-corrected chi connectivity index (χ4v) is 11.9. The third-order valence-corrected chi connectivity index (χ3v) is 15.6. The number of nitrogens with zero attached hydrogens (tertiary/aromatic N) is 5. The van der Waals surface area contributed by atoms with Gasteiger partial charge >= 0.3 is 6.03 Å². The average molecular weight is 629 g/mol. The lowest BCUT2D eigenvalue weighted by atomic mass is 10.0. The number of benzene rings is 1. The molecule has 0 spiro atoms. The van der Waals surface area contributed by atoms with Crippen LogP contribution in [-0.4, -0.2) is 85.9 Å². The number of carbonyl (C=O) groups is 1. The third-order valence-electron chi connectivity index (χ3n) is 9.34. The first-order chi connectivity index (χ1) is 21.4. The number of pyridine rings is 1. The Morgan fingerprint density at radius 2 is 1.62 bits per heavy atom. The molecule has 10 nitrogen and oxygen atoms in total. The van der Waals surface area contributed by atoms with Crippen LogP contribution in [0.2, 0.25) is 16.6 Å². The second kappa shape index (κ2) is 13.3. The van der Waals surface area contributed by atoms with Gasteiger partial charge in [-0.05, 0) is 60.9 Å². The molecule has 0 aliphatic carbocycles. The highest BCUT2D eigenvalue weighted by atomic mass is 28.3. The highest BCUT2D eigenvalue weighted by Gasteiger charge is 2.41. The van der Waals surface area contributed by atoms with Crippen molar-refractivity contribution in [3.63, 3.8) is 0 Å². The summed E-state index contributed by atoms with van der Waals surface area (Å²) in [5, 5.41) is 9.98. The molecule has 2 saturated heterocycles. The number of aromatic nitrogens is 3. The van der Waals surface area contributed by atoms with Crippen LogP contribution in [0.4, 0.5) is 27.9 Å². The molecule has 0 bridgehead atoms. The number of nitrogens with one attached hydrogen (secondary N) is 3. The van der Waals surface area contributed by atoms with Gasteiger partial charge in [-0.1, -0.05) is 47.5 Å². The molecule has 2 amide bonds. The number of fused-ring (bicyclic) bond motifs is 1. The minimum absolute atomic E-state index is 0.338. The molecule has 0 saturated carbocycles.